The fourth-order valence-electron chi connectivity index (χ4n) is 3.07. The Morgan fingerprint density at radius 2 is 1.81 bits per heavy atom. The smallest absolute Gasteiger partial charge is 0.433 e. The minimum absolute atomic E-state index is 0.282. The normalized spacial score (nSPS) is 14.9. The van der Waals surface area contributed by atoms with Crippen LogP contribution in [0.15, 0.2) is 48.5 Å². The summed E-state index contributed by atoms with van der Waals surface area (Å²) in [5.41, 5.74) is 1.42. The van der Waals surface area contributed by atoms with Crippen LogP contribution in [0.25, 0.3) is 10.9 Å². The van der Waals surface area contributed by atoms with Crippen LogP contribution in [0.5, 0.6) is 5.75 Å². The molecule has 4 rings (SSSR count). The molecule has 2 aromatic carbocycles. The lowest BCUT2D eigenvalue weighted by atomic mass is 10.1. The number of fused-ring (bicyclic) bond motifs is 3. The zero-order valence-electron chi connectivity index (χ0n) is 13.6. The van der Waals surface area contributed by atoms with Crippen LogP contribution >= 0.6 is 11.6 Å². The van der Waals surface area contributed by atoms with E-state index in [2.05, 4.69) is 9.88 Å². The van der Waals surface area contributed by atoms with Gasteiger partial charge in [0, 0.05) is 29.1 Å². The van der Waals surface area contributed by atoms with Crippen molar-refractivity contribution in [2.75, 3.05) is 6.73 Å². The number of hydrogen-bond acceptors (Lipinski definition) is 3. The summed E-state index contributed by atoms with van der Waals surface area (Å²) in [5, 5.41) is 1.29. The molecular weight excluding hydrogens is 365 g/mol. The van der Waals surface area contributed by atoms with Gasteiger partial charge in [-0.25, -0.2) is 4.98 Å². The Balaban J connectivity index is 1.60. The van der Waals surface area contributed by atoms with Gasteiger partial charge in [0.1, 0.15) is 18.2 Å². The first-order valence-electron chi connectivity index (χ1n) is 7.99. The summed E-state index contributed by atoms with van der Waals surface area (Å²) in [5.74, 6) is 0.607. The molecule has 0 fully saturated rings. The number of pyridine rings is 1. The van der Waals surface area contributed by atoms with E-state index >= 15 is 0 Å². The molecule has 134 valence electrons. The van der Waals surface area contributed by atoms with Crippen molar-refractivity contribution in [2.45, 2.75) is 19.3 Å². The minimum atomic E-state index is -4.46. The van der Waals surface area contributed by atoms with Crippen molar-refractivity contribution in [2.24, 2.45) is 0 Å². The van der Waals surface area contributed by atoms with Crippen molar-refractivity contribution in [3.8, 4) is 5.75 Å². The quantitative estimate of drug-likeness (QED) is 0.608. The number of hydrogen-bond donors (Lipinski definition) is 0. The first-order chi connectivity index (χ1) is 12.4. The highest BCUT2D eigenvalue weighted by molar-refractivity contribution is 6.30. The average Bonchev–Trinajstić information content (AvgIpc) is 2.62. The van der Waals surface area contributed by atoms with Crippen LogP contribution in [0.4, 0.5) is 13.2 Å². The van der Waals surface area contributed by atoms with Crippen molar-refractivity contribution >= 4 is 22.5 Å². The molecule has 0 saturated carbocycles. The molecule has 0 unspecified atom stereocenters. The highest BCUT2D eigenvalue weighted by atomic mass is 35.5. The number of halogens is 4. The zero-order chi connectivity index (χ0) is 18.3. The fourth-order valence-corrected chi connectivity index (χ4v) is 3.19. The molecule has 26 heavy (non-hydrogen) atoms. The Morgan fingerprint density at radius 3 is 2.54 bits per heavy atom. The highest BCUT2D eigenvalue weighted by Gasteiger charge is 2.33. The van der Waals surface area contributed by atoms with Gasteiger partial charge in [-0.05, 0) is 35.9 Å². The minimum Gasteiger partial charge on any atom is -0.477 e. The molecule has 0 spiro atoms. The van der Waals surface area contributed by atoms with E-state index in [4.69, 9.17) is 16.3 Å². The van der Waals surface area contributed by atoms with E-state index in [0.717, 1.165) is 17.2 Å². The summed E-state index contributed by atoms with van der Waals surface area (Å²) in [6, 6.07) is 13.4. The summed E-state index contributed by atoms with van der Waals surface area (Å²) >= 11 is 5.90. The Labute approximate surface area is 153 Å². The number of nitrogens with zero attached hydrogens (tertiary/aromatic N) is 2. The Hall–Kier alpha value is -2.31. The molecule has 3 nitrogen and oxygen atoms in total. The second-order valence-electron chi connectivity index (χ2n) is 6.20. The molecular formula is C19H14ClF3N2O. The monoisotopic (exact) mass is 378 g/mol. The van der Waals surface area contributed by atoms with E-state index in [1.165, 1.54) is 6.07 Å². The predicted octanol–water partition coefficient (Wildman–Crippen LogP) is 5.26. The van der Waals surface area contributed by atoms with Gasteiger partial charge in [-0.2, -0.15) is 13.2 Å². The van der Waals surface area contributed by atoms with Crippen LogP contribution in [0.3, 0.4) is 0 Å². The number of rotatable bonds is 2. The number of alkyl halides is 3. The van der Waals surface area contributed by atoms with E-state index in [0.29, 0.717) is 36.0 Å². The van der Waals surface area contributed by atoms with Gasteiger partial charge in [0.25, 0.3) is 0 Å². The van der Waals surface area contributed by atoms with E-state index in [9.17, 15) is 13.2 Å². The topological polar surface area (TPSA) is 25.4 Å². The lowest BCUT2D eigenvalue weighted by Gasteiger charge is -2.29. The van der Waals surface area contributed by atoms with E-state index in [1.807, 2.05) is 24.3 Å². The van der Waals surface area contributed by atoms with Crippen molar-refractivity contribution in [1.82, 2.24) is 9.88 Å². The summed E-state index contributed by atoms with van der Waals surface area (Å²) < 4.78 is 44.3. The third kappa shape index (κ3) is 3.34. The lowest BCUT2D eigenvalue weighted by molar-refractivity contribution is -0.140. The molecule has 0 N–H and O–H groups in total. The molecule has 0 saturated heterocycles. The maximum atomic E-state index is 12.8. The SMILES string of the molecule is FC(F)(F)c1ccc2c3c(ccc2n1)CN(Cc1ccc(Cl)cc1)CO3. The van der Waals surface area contributed by atoms with Gasteiger partial charge in [0.15, 0.2) is 0 Å². The third-order valence-corrected chi connectivity index (χ3v) is 4.55. The molecule has 3 aromatic rings. The van der Waals surface area contributed by atoms with Gasteiger partial charge < -0.3 is 4.74 Å². The summed E-state index contributed by atoms with van der Waals surface area (Å²) in [6.45, 7) is 1.70. The van der Waals surface area contributed by atoms with Gasteiger partial charge in [0.2, 0.25) is 0 Å². The van der Waals surface area contributed by atoms with Crippen molar-refractivity contribution in [3.05, 3.63) is 70.4 Å². The van der Waals surface area contributed by atoms with Crippen LogP contribution in [-0.2, 0) is 19.3 Å². The molecule has 0 radical (unpaired) electrons. The van der Waals surface area contributed by atoms with Gasteiger partial charge in [-0.1, -0.05) is 29.8 Å². The Kier molecular flexibility index (Phi) is 4.25. The largest absolute Gasteiger partial charge is 0.477 e. The van der Waals surface area contributed by atoms with Gasteiger partial charge in [0.05, 0.1) is 5.52 Å². The van der Waals surface area contributed by atoms with Crippen LogP contribution in [-0.4, -0.2) is 16.6 Å². The average molecular weight is 379 g/mol. The van der Waals surface area contributed by atoms with Crippen LogP contribution in [0.2, 0.25) is 5.02 Å². The van der Waals surface area contributed by atoms with Gasteiger partial charge in [-0.15, -0.1) is 0 Å². The Bertz CT molecular complexity index is 957. The summed E-state index contributed by atoms with van der Waals surface area (Å²) in [7, 11) is 0. The van der Waals surface area contributed by atoms with Crippen molar-refractivity contribution in [3.63, 3.8) is 0 Å². The maximum absolute atomic E-state index is 12.8. The van der Waals surface area contributed by atoms with Gasteiger partial charge in [-0.3, -0.25) is 4.90 Å². The number of aromatic nitrogens is 1. The summed E-state index contributed by atoms with van der Waals surface area (Å²) in [4.78, 5) is 5.82. The molecule has 0 atom stereocenters. The summed E-state index contributed by atoms with van der Waals surface area (Å²) in [6.07, 6.45) is -4.46. The molecule has 0 bridgehead atoms. The van der Waals surface area contributed by atoms with Crippen molar-refractivity contribution in [1.29, 1.82) is 0 Å². The molecule has 2 heterocycles. The van der Waals surface area contributed by atoms with Crippen LogP contribution in [0.1, 0.15) is 16.8 Å². The van der Waals surface area contributed by atoms with Crippen LogP contribution < -0.4 is 4.74 Å². The molecule has 1 aliphatic rings. The molecule has 1 aromatic heterocycles. The lowest BCUT2D eigenvalue weighted by Crippen LogP contribution is -2.31. The first kappa shape index (κ1) is 17.1. The Morgan fingerprint density at radius 1 is 1.04 bits per heavy atom. The predicted molar refractivity (Wildman–Crippen MR) is 92.9 cm³/mol. The van der Waals surface area contributed by atoms with Crippen molar-refractivity contribution < 1.29 is 17.9 Å². The highest BCUT2D eigenvalue weighted by Crippen LogP contribution is 2.36. The first-order valence-corrected chi connectivity index (χ1v) is 8.37. The van der Waals surface area contributed by atoms with E-state index < -0.39 is 11.9 Å². The molecule has 7 heteroatoms. The second-order valence-corrected chi connectivity index (χ2v) is 6.64. The van der Waals surface area contributed by atoms with E-state index in [-0.39, 0.29) is 5.52 Å². The third-order valence-electron chi connectivity index (χ3n) is 4.30. The fraction of sp³-hybridized carbons (Fsp3) is 0.211. The second kappa shape index (κ2) is 6.45. The van der Waals surface area contributed by atoms with Crippen LogP contribution in [0, 0.1) is 0 Å². The van der Waals surface area contributed by atoms with Gasteiger partial charge >= 0.3 is 6.18 Å². The maximum Gasteiger partial charge on any atom is 0.433 e. The van der Waals surface area contributed by atoms with E-state index in [1.54, 1.807) is 12.1 Å². The molecule has 0 amide bonds. The molecule has 0 aliphatic carbocycles. The zero-order valence-corrected chi connectivity index (χ0v) is 14.3. The molecule has 1 aliphatic heterocycles. The number of ether oxygens (including phenoxy) is 1. The standard InChI is InChI=1S/C19H14ClF3N2O/c20-14-4-1-12(2-5-14)9-25-10-13-3-7-16-15(18(13)26-11-25)6-8-17(24-16)19(21,22)23/h1-8H,9-11H2. The number of benzene rings is 2.